The molecule has 17 heavy (non-hydrogen) atoms. The number of carbonyl (C=O) groups is 1. The van der Waals surface area contributed by atoms with Gasteiger partial charge in [-0.05, 0) is 22.0 Å². The van der Waals surface area contributed by atoms with Gasteiger partial charge >= 0.3 is 0 Å². The Morgan fingerprint density at radius 1 is 1.47 bits per heavy atom. The Bertz CT molecular complexity index is 535. The number of Topliss-reactive ketones (excluding diaryl/α,β-unsaturated/α-hetero) is 1. The van der Waals surface area contributed by atoms with E-state index < -0.39 is 0 Å². The van der Waals surface area contributed by atoms with Crippen molar-refractivity contribution < 1.29 is 4.79 Å². The zero-order chi connectivity index (χ0) is 12.4. The number of anilines is 1. The first-order valence-corrected chi connectivity index (χ1v) is 7.52. The average molecular weight is 331 g/mol. The molecule has 0 saturated heterocycles. The zero-order valence-electron chi connectivity index (χ0n) is 9.44. The van der Waals surface area contributed by atoms with Crippen molar-refractivity contribution >= 4 is 49.5 Å². The Morgan fingerprint density at radius 3 is 2.76 bits per heavy atom. The molecule has 2 heterocycles. The molecule has 0 aliphatic heterocycles. The molecule has 90 valence electrons. The molecule has 3 nitrogen and oxygen atoms in total. The molecule has 0 spiro atoms. The summed E-state index contributed by atoms with van der Waals surface area (Å²) in [5.41, 5.74) is 0.546. The van der Waals surface area contributed by atoms with Crippen molar-refractivity contribution in [2.45, 2.75) is 13.5 Å². The van der Waals surface area contributed by atoms with Crippen LogP contribution < -0.4 is 4.90 Å². The topological polar surface area (TPSA) is 33.2 Å². The maximum absolute atomic E-state index is 11.2. The number of rotatable bonds is 4. The summed E-state index contributed by atoms with van der Waals surface area (Å²) in [6.45, 7) is 2.34. The van der Waals surface area contributed by atoms with Gasteiger partial charge < -0.3 is 4.90 Å². The van der Waals surface area contributed by atoms with Gasteiger partial charge in [0.15, 0.2) is 10.9 Å². The highest BCUT2D eigenvalue weighted by molar-refractivity contribution is 9.10. The number of ketones is 1. The quantitative estimate of drug-likeness (QED) is 0.799. The van der Waals surface area contributed by atoms with Gasteiger partial charge in [0.25, 0.3) is 0 Å². The fraction of sp³-hybridized carbons (Fsp3) is 0.273. The van der Waals surface area contributed by atoms with Crippen LogP contribution >= 0.6 is 38.6 Å². The molecular formula is C11H11BrN2OS2. The van der Waals surface area contributed by atoms with Crippen LogP contribution in [-0.4, -0.2) is 17.8 Å². The van der Waals surface area contributed by atoms with Gasteiger partial charge in [0.1, 0.15) is 5.69 Å². The Kier molecular flexibility index (Phi) is 3.96. The highest BCUT2D eigenvalue weighted by Gasteiger charge is 2.10. The highest BCUT2D eigenvalue weighted by Crippen LogP contribution is 2.25. The Balaban J connectivity index is 2.08. The molecule has 2 rings (SSSR count). The van der Waals surface area contributed by atoms with Crippen LogP contribution in [0.1, 0.15) is 22.3 Å². The largest absolute Gasteiger partial charge is 0.346 e. The van der Waals surface area contributed by atoms with Gasteiger partial charge in [-0.25, -0.2) is 4.98 Å². The Morgan fingerprint density at radius 2 is 2.24 bits per heavy atom. The average Bonchev–Trinajstić information content (AvgIpc) is 2.86. The van der Waals surface area contributed by atoms with Crippen molar-refractivity contribution in [2.24, 2.45) is 0 Å². The second-order valence-electron chi connectivity index (χ2n) is 3.66. The third-order valence-electron chi connectivity index (χ3n) is 2.19. The summed E-state index contributed by atoms with van der Waals surface area (Å²) in [5, 5.41) is 4.74. The highest BCUT2D eigenvalue weighted by atomic mass is 79.9. The minimum Gasteiger partial charge on any atom is -0.346 e. The van der Waals surface area contributed by atoms with Gasteiger partial charge in [0.2, 0.25) is 0 Å². The van der Waals surface area contributed by atoms with E-state index >= 15 is 0 Å². The zero-order valence-corrected chi connectivity index (χ0v) is 12.7. The van der Waals surface area contributed by atoms with E-state index in [1.165, 1.54) is 23.1 Å². The van der Waals surface area contributed by atoms with E-state index in [-0.39, 0.29) is 5.78 Å². The molecule has 2 aromatic heterocycles. The Labute approximate surface area is 116 Å². The van der Waals surface area contributed by atoms with Crippen LogP contribution in [0.25, 0.3) is 0 Å². The molecule has 0 atom stereocenters. The molecule has 0 N–H and O–H groups in total. The molecule has 0 aliphatic rings. The van der Waals surface area contributed by atoms with Crippen LogP contribution in [0.2, 0.25) is 0 Å². The monoisotopic (exact) mass is 330 g/mol. The number of thiophene rings is 1. The molecule has 0 unspecified atom stereocenters. The third-order valence-corrected chi connectivity index (χ3v) is 4.83. The molecule has 0 fully saturated rings. The molecule has 0 bridgehead atoms. The lowest BCUT2D eigenvalue weighted by Crippen LogP contribution is -2.15. The van der Waals surface area contributed by atoms with E-state index in [0.717, 1.165) is 16.1 Å². The molecular weight excluding hydrogens is 320 g/mol. The van der Waals surface area contributed by atoms with Crippen LogP contribution in [0.4, 0.5) is 5.13 Å². The van der Waals surface area contributed by atoms with Crippen LogP contribution in [0.3, 0.4) is 0 Å². The first-order valence-electron chi connectivity index (χ1n) is 4.97. The summed E-state index contributed by atoms with van der Waals surface area (Å²) < 4.78 is 1.11. The van der Waals surface area contributed by atoms with Gasteiger partial charge in [0, 0.05) is 34.1 Å². The summed E-state index contributed by atoms with van der Waals surface area (Å²) in [5.74, 6) is 0.0137. The summed E-state index contributed by atoms with van der Waals surface area (Å²) in [4.78, 5) is 18.8. The Hall–Kier alpha value is -0.720. The summed E-state index contributed by atoms with van der Waals surface area (Å²) in [7, 11) is 1.98. The number of halogens is 1. The predicted octanol–water partition coefficient (Wildman–Crippen LogP) is 3.81. The molecule has 2 aromatic rings. The van der Waals surface area contributed by atoms with E-state index in [4.69, 9.17) is 0 Å². The lowest BCUT2D eigenvalue weighted by molar-refractivity contribution is 0.101. The summed E-state index contributed by atoms with van der Waals surface area (Å²) >= 11 is 6.64. The van der Waals surface area contributed by atoms with Gasteiger partial charge in [-0.1, -0.05) is 0 Å². The van der Waals surface area contributed by atoms with Crippen LogP contribution in [-0.2, 0) is 6.54 Å². The minimum absolute atomic E-state index is 0.0137. The van der Waals surface area contributed by atoms with Crippen molar-refractivity contribution in [3.8, 4) is 0 Å². The van der Waals surface area contributed by atoms with E-state index in [9.17, 15) is 4.79 Å². The first kappa shape index (κ1) is 12.7. The normalized spacial score (nSPS) is 10.5. The lowest BCUT2D eigenvalue weighted by Gasteiger charge is -2.13. The second-order valence-corrected chi connectivity index (χ2v) is 6.41. The van der Waals surface area contributed by atoms with Crippen molar-refractivity contribution in [3.05, 3.63) is 31.9 Å². The van der Waals surface area contributed by atoms with Crippen LogP contribution in [0.5, 0.6) is 0 Å². The lowest BCUT2D eigenvalue weighted by atomic mass is 10.4. The van der Waals surface area contributed by atoms with E-state index in [0.29, 0.717) is 5.69 Å². The van der Waals surface area contributed by atoms with E-state index in [2.05, 4.69) is 37.3 Å². The fourth-order valence-corrected chi connectivity index (χ4v) is 3.67. The molecule has 0 saturated carbocycles. The third kappa shape index (κ3) is 3.14. The summed E-state index contributed by atoms with van der Waals surface area (Å²) in [6.07, 6.45) is 0. The number of hydrogen-bond acceptors (Lipinski definition) is 5. The van der Waals surface area contributed by atoms with Crippen LogP contribution in [0.15, 0.2) is 21.3 Å². The number of hydrogen-bond donors (Lipinski definition) is 0. The molecule has 0 radical (unpaired) electrons. The number of thiazole rings is 1. The van der Waals surface area contributed by atoms with Crippen molar-refractivity contribution in [3.63, 3.8) is 0 Å². The SMILES string of the molecule is CC(=O)c1csc(N(C)Cc2cc(Br)cs2)n1. The second kappa shape index (κ2) is 5.29. The molecule has 0 aromatic carbocycles. The van der Waals surface area contributed by atoms with Crippen molar-refractivity contribution in [2.75, 3.05) is 11.9 Å². The molecule has 0 aliphatic carbocycles. The maximum Gasteiger partial charge on any atom is 0.186 e. The van der Waals surface area contributed by atoms with Gasteiger partial charge in [-0.15, -0.1) is 22.7 Å². The minimum atomic E-state index is 0.0137. The van der Waals surface area contributed by atoms with Crippen LogP contribution in [0, 0.1) is 0 Å². The molecule has 6 heteroatoms. The van der Waals surface area contributed by atoms with E-state index in [1.807, 2.05) is 7.05 Å². The van der Waals surface area contributed by atoms with Gasteiger partial charge in [0.05, 0.1) is 6.54 Å². The fourth-order valence-electron chi connectivity index (χ4n) is 1.34. The predicted molar refractivity (Wildman–Crippen MR) is 76.2 cm³/mol. The van der Waals surface area contributed by atoms with Gasteiger partial charge in [-0.3, -0.25) is 4.79 Å². The smallest absolute Gasteiger partial charge is 0.186 e. The first-order chi connectivity index (χ1) is 8.06. The maximum atomic E-state index is 11.2. The number of aromatic nitrogens is 1. The number of carbonyl (C=O) groups excluding carboxylic acids is 1. The van der Waals surface area contributed by atoms with Crippen molar-refractivity contribution in [1.82, 2.24) is 4.98 Å². The van der Waals surface area contributed by atoms with Gasteiger partial charge in [-0.2, -0.15) is 0 Å². The van der Waals surface area contributed by atoms with Crippen molar-refractivity contribution in [1.29, 1.82) is 0 Å². The summed E-state index contributed by atoms with van der Waals surface area (Å²) in [6, 6.07) is 2.10. The standard InChI is InChI=1S/C11H11BrN2OS2/c1-7(15)10-6-17-11(13-10)14(2)4-9-3-8(12)5-16-9/h3,5-6H,4H2,1-2H3. The number of nitrogens with zero attached hydrogens (tertiary/aromatic N) is 2. The molecule has 0 amide bonds. The van der Waals surface area contributed by atoms with E-state index in [1.54, 1.807) is 16.7 Å².